The molecule has 3 aromatic carbocycles. The van der Waals surface area contributed by atoms with E-state index in [1.165, 1.54) is 10.4 Å². The quantitative estimate of drug-likeness (QED) is 0.353. The van der Waals surface area contributed by atoms with Crippen molar-refractivity contribution in [1.29, 1.82) is 5.26 Å². The van der Waals surface area contributed by atoms with Crippen LogP contribution in [0.5, 0.6) is 0 Å². The normalized spacial score (nSPS) is 18.6. The van der Waals surface area contributed by atoms with Gasteiger partial charge in [-0.15, -0.1) is 0 Å². The summed E-state index contributed by atoms with van der Waals surface area (Å²) in [5, 5.41) is 13.7. The van der Waals surface area contributed by atoms with Crippen LogP contribution in [-0.2, 0) is 10.0 Å². The number of hydrogen-bond acceptors (Lipinski definition) is 3. The minimum absolute atomic E-state index is 0.0541. The zero-order valence-electron chi connectivity index (χ0n) is 21.7. The van der Waals surface area contributed by atoms with Crippen molar-refractivity contribution in [3.8, 4) is 6.07 Å². The predicted molar refractivity (Wildman–Crippen MR) is 149 cm³/mol. The molecule has 1 aliphatic heterocycles. The maximum absolute atomic E-state index is 13.6. The molecule has 4 rings (SSSR count). The van der Waals surface area contributed by atoms with Crippen molar-refractivity contribution in [1.82, 2.24) is 4.31 Å². The predicted octanol–water partition coefficient (Wildman–Crippen LogP) is 5.06. The number of hydrogen-bond donors (Lipinski definition) is 0. The first-order valence-electron chi connectivity index (χ1n) is 12.3. The van der Waals surface area contributed by atoms with E-state index in [-0.39, 0.29) is 17.5 Å². The Balaban J connectivity index is 1.95. The maximum atomic E-state index is 13.6. The summed E-state index contributed by atoms with van der Waals surface area (Å²) in [5.41, 5.74) is 1.96. The highest BCUT2D eigenvalue weighted by molar-refractivity contribution is 7.89. The summed E-state index contributed by atoms with van der Waals surface area (Å²) in [7, 11) is -6.53. The molecule has 0 bridgehead atoms. The number of aryl methyl sites for hydroxylation is 1. The monoisotopic (exact) mass is 514 g/mol. The van der Waals surface area contributed by atoms with Gasteiger partial charge < -0.3 is 0 Å². The molecule has 0 unspecified atom stereocenters. The van der Waals surface area contributed by atoms with Crippen molar-refractivity contribution in [2.24, 2.45) is 5.92 Å². The van der Waals surface area contributed by atoms with Gasteiger partial charge in [0.2, 0.25) is 10.0 Å². The number of rotatable bonds is 5. The van der Waals surface area contributed by atoms with Crippen molar-refractivity contribution < 1.29 is 8.42 Å². The minimum atomic E-state index is -3.67. The van der Waals surface area contributed by atoms with Crippen LogP contribution < -0.4 is 10.4 Å². The number of nitriles is 1. The van der Waals surface area contributed by atoms with Crippen molar-refractivity contribution in [2.75, 3.05) is 13.1 Å². The fraction of sp³-hybridized carbons (Fsp3) is 0.300. The van der Waals surface area contributed by atoms with Crippen LogP contribution in [0.25, 0.3) is 0 Å². The van der Waals surface area contributed by atoms with E-state index in [1.54, 1.807) is 16.4 Å². The van der Waals surface area contributed by atoms with Crippen molar-refractivity contribution in [3.63, 3.8) is 0 Å². The van der Waals surface area contributed by atoms with Gasteiger partial charge in [0.15, 0.2) is 8.07 Å². The molecule has 3 aromatic rings. The Morgan fingerprint density at radius 3 is 1.86 bits per heavy atom. The molecule has 0 N–H and O–H groups in total. The lowest BCUT2D eigenvalue weighted by Gasteiger charge is -2.44. The zero-order chi connectivity index (χ0) is 26.1. The second-order valence-electron chi connectivity index (χ2n) is 10.8. The van der Waals surface area contributed by atoms with Gasteiger partial charge in [0.25, 0.3) is 0 Å². The summed E-state index contributed by atoms with van der Waals surface area (Å²) in [4.78, 5) is 0.297. The highest BCUT2D eigenvalue weighted by Gasteiger charge is 2.53. The molecule has 1 aliphatic rings. The van der Waals surface area contributed by atoms with E-state index >= 15 is 0 Å². The SMILES string of the molecule is Cc1ccc(S(=O)(=O)N2C/C(=C(\C#N)[Si](c3ccccc3)(c3ccccc3)C(C)(C)C)[C@@H](C)C2)cc1. The Morgan fingerprint density at radius 1 is 0.917 bits per heavy atom. The topological polar surface area (TPSA) is 61.2 Å². The van der Waals surface area contributed by atoms with Crippen molar-refractivity contribution >= 4 is 28.5 Å². The van der Waals surface area contributed by atoms with Crippen LogP contribution >= 0.6 is 0 Å². The number of benzene rings is 3. The summed E-state index contributed by atoms with van der Waals surface area (Å²) >= 11 is 0. The first-order valence-corrected chi connectivity index (χ1v) is 15.8. The van der Waals surface area contributed by atoms with Crippen molar-refractivity contribution in [2.45, 2.75) is 44.6 Å². The molecule has 4 nitrogen and oxygen atoms in total. The van der Waals surface area contributed by atoms with E-state index in [4.69, 9.17) is 0 Å². The Bertz CT molecular complexity index is 1360. The van der Waals surface area contributed by atoms with Crippen molar-refractivity contribution in [3.05, 3.63) is 101 Å². The van der Waals surface area contributed by atoms with Gasteiger partial charge >= 0.3 is 0 Å². The Hall–Kier alpha value is -2.98. The molecule has 0 spiro atoms. The average Bonchev–Trinajstić information content (AvgIpc) is 3.25. The van der Waals surface area contributed by atoms with E-state index in [0.29, 0.717) is 11.4 Å². The third kappa shape index (κ3) is 4.36. The fourth-order valence-corrected chi connectivity index (χ4v) is 12.9. The molecule has 186 valence electrons. The lowest BCUT2D eigenvalue weighted by molar-refractivity contribution is 0.464. The van der Waals surface area contributed by atoms with Crippen LogP contribution in [-0.4, -0.2) is 33.9 Å². The highest BCUT2D eigenvalue weighted by atomic mass is 32.2. The summed E-state index contributed by atoms with van der Waals surface area (Å²) in [6, 6.07) is 30.4. The van der Waals surface area contributed by atoms with Gasteiger partial charge in [-0.05, 0) is 46.0 Å². The van der Waals surface area contributed by atoms with Gasteiger partial charge in [0.1, 0.15) is 0 Å². The van der Waals surface area contributed by atoms with Gasteiger partial charge in [-0.1, -0.05) is 106 Å². The van der Waals surface area contributed by atoms with E-state index < -0.39 is 18.1 Å². The summed E-state index contributed by atoms with van der Waals surface area (Å²) in [5.74, 6) is -0.0541. The Kier molecular flexibility index (Phi) is 7.11. The molecule has 0 aromatic heterocycles. The molecule has 1 heterocycles. The lowest BCUT2D eigenvalue weighted by atomic mass is 10.1. The fourth-order valence-electron chi connectivity index (χ4n) is 5.66. The van der Waals surface area contributed by atoms with E-state index in [2.05, 4.69) is 58.0 Å². The Labute approximate surface area is 217 Å². The molecule has 1 fully saturated rings. The first kappa shape index (κ1) is 26.1. The third-order valence-corrected chi connectivity index (χ3v) is 15.1. The average molecular weight is 515 g/mol. The van der Waals surface area contributed by atoms with E-state index in [9.17, 15) is 13.7 Å². The van der Waals surface area contributed by atoms with Crippen LogP contribution in [0, 0.1) is 24.2 Å². The molecular formula is C30H34N2O2SSi. The summed E-state index contributed by atoms with van der Waals surface area (Å²) in [6.07, 6.45) is 0. The summed E-state index contributed by atoms with van der Waals surface area (Å²) in [6.45, 7) is 11.3. The van der Waals surface area contributed by atoms with Gasteiger partial charge in [-0.3, -0.25) is 0 Å². The molecule has 0 amide bonds. The van der Waals surface area contributed by atoms with Gasteiger partial charge in [0, 0.05) is 18.3 Å². The number of allylic oxidation sites excluding steroid dienone is 1. The Morgan fingerprint density at radius 2 is 1.42 bits per heavy atom. The summed E-state index contributed by atoms with van der Waals surface area (Å²) < 4.78 is 28.7. The van der Waals surface area contributed by atoms with Gasteiger partial charge in [-0.25, -0.2) is 8.42 Å². The third-order valence-electron chi connectivity index (χ3n) is 7.42. The number of sulfonamides is 1. The van der Waals surface area contributed by atoms with E-state index in [1.807, 2.05) is 55.5 Å². The molecular weight excluding hydrogens is 480 g/mol. The minimum Gasteiger partial charge on any atom is -0.207 e. The molecule has 0 aliphatic carbocycles. The molecule has 36 heavy (non-hydrogen) atoms. The van der Waals surface area contributed by atoms with Crippen LogP contribution in [0.2, 0.25) is 5.04 Å². The van der Waals surface area contributed by atoms with Gasteiger partial charge in [0.05, 0.1) is 11.0 Å². The molecule has 1 atom stereocenters. The molecule has 0 saturated carbocycles. The standard InChI is InChI=1S/C30H34N2O2SSi/c1-23-16-18-25(19-17-23)35(33,34)32-21-24(2)28(22-32)29(20-31)36(30(3,4)5,26-12-8-6-9-13-26)27-14-10-7-11-15-27/h6-19,24H,21-22H2,1-5H3/b29-28-/t24-/m0/s1. The molecule has 0 radical (unpaired) electrons. The second-order valence-corrected chi connectivity index (χ2v) is 17.3. The maximum Gasteiger partial charge on any atom is 0.243 e. The van der Waals surface area contributed by atoms with E-state index in [0.717, 1.165) is 16.3 Å². The zero-order valence-corrected chi connectivity index (χ0v) is 23.5. The van der Waals surface area contributed by atoms with Crippen LogP contribution in [0.1, 0.15) is 33.3 Å². The smallest absolute Gasteiger partial charge is 0.207 e. The van der Waals surface area contributed by atoms with Crippen LogP contribution in [0.15, 0.2) is 101 Å². The highest BCUT2D eigenvalue weighted by Crippen LogP contribution is 2.43. The molecule has 6 heteroatoms. The second kappa shape index (κ2) is 9.82. The first-order chi connectivity index (χ1) is 17.0. The number of nitrogens with zero attached hydrogens (tertiary/aromatic N) is 2. The van der Waals surface area contributed by atoms with Gasteiger partial charge in [-0.2, -0.15) is 9.57 Å². The molecule has 1 saturated heterocycles. The van der Waals surface area contributed by atoms with Crippen LogP contribution in [0.4, 0.5) is 0 Å². The van der Waals surface area contributed by atoms with Crippen LogP contribution in [0.3, 0.4) is 0 Å². The lowest BCUT2D eigenvalue weighted by Crippen LogP contribution is -2.66. The largest absolute Gasteiger partial charge is 0.243 e.